The van der Waals surface area contributed by atoms with Crippen LogP contribution in [-0.4, -0.2) is 17.6 Å². The second-order valence-corrected chi connectivity index (χ2v) is 5.03. The molecule has 1 heterocycles. The van der Waals surface area contributed by atoms with Gasteiger partial charge >= 0.3 is 0 Å². The van der Waals surface area contributed by atoms with Crippen molar-refractivity contribution < 1.29 is 9.53 Å². The monoisotopic (exact) mass is 292 g/mol. The maximum atomic E-state index is 12.1. The number of nitrogens with one attached hydrogen (secondary N) is 1. The average Bonchev–Trinajstić information content (AvgIpc) is 2.71. The molecular weight excluding hydrogens is 276 g/mol. The van der Waals surface area contributed by atoms with E-state index in [1.54, 1.807) is 25.3 Å². The molecule has 0 bridgehead atoms. The minimum atomic E-state index is -0.118. The number of nitrogens with zero attached hydrogens (tertiary/aromatic N) is 1. The lowest BCUT2D eigenvalue weighted by molar-refractivity contribution is -0.116. The summed E-state index contributed by atoms with van der Waals surface area (Å²) in [7, 11) is 1.55. The summed E-state index contributed by atoms with van der Waals surface area (Å²) < 4.78 is 7.15. The van der Waals surface area contributed by atoms with Crippen LogP contribution in [0.3, 0.4) is 0 Å². The molecule has 0 fully saturated rings. The van der Waals surface area contributed by atoms with Gasteiger partial charge in [-0.05, 0) is 44.2 Å². The quantitative estimate of drug-likeness (QED) is 0.938. The first-order valence-electron chi connectivity index (χ1n) is 6.27. The van der Waals surface area contributed by atoms with Crippen molar-refractivity contribution >= 4 is 23.2 Å². The van der Waals surface area contributed by atoms with E-state index in [4.69, 9.17) is 16.3 Å². The molecule has 0 radical (unpaired) electrons. The molecule has 20 heavy (non-hydrogen) atoms. The number of benzene rings is 1. The molecule has 0 saturated heterocycles. The van der Waals surface area contributed by atoms with Gasteiger partial charge in [-0.3, -0.25) is 4.79 Å². The molecular formula is C15H17ClN2O2. The molecule has 0 atom stereocenters. The van der Waals surface area contributed by atoms with E-state index in [0.29, 0.717) is 16.5 Å². The molecule has 1 N–H and O–H groups in total. The van der Waals surface area contributed by atoms with Gasteiger partial charge in [-0.15, -0.1) is 0 Å². The third kappa shape index (κ3) is 3.14. The molecule has 106 valence electrons. The van der Waals surface area contributed by atoms with Gasteiger partial charge in [-0.1, -0.05) is 11.6 Å². The van der Waals surface area contributed by atoms with Crippen molar-refractivity contribution in [3.63, 3.8) is 0 Å². The minimum absolute atomic E-state index is 0.118. The van der Waals surface area contributed by atoms with Gasteiger partial charge in [0.15, 0.2) is 0 Å². The van der Waals surface area contributed by atoms with Crippen LogP contribution in [0.1, 0.15) is 11.4 Å². The van der Waals surface area contributed by atoms with Crippen molar-refractivity contribution in [2.75, 3.05) is 12.4 Å². The molecule has 0 aliphatic carbocycles. The number of anilines is 1. The third-order valence-corrected chi connectivity index (χ3v) is 3.39. The predicted octanol–water partition coefficient (Wildman–Crippen LogP) is 3.41. The van der Waals surface area contributed by atoms with Crippen LogP contribution in [0.2, 0.25) is 5.02 Å². The van der Waals surface area contributed by atoms with Crippen LogP contribution in [-0.2, 0) is 11.3 Å². The summed E-state index contributed by atoms with van der Waals surface area (Å²) in [4.78, 5) is 12.1. The number of halogens is 1. The molecule has 2 aromatic rings. The van der Waals surface area contributed by atoms with Gasteiger partial charge in [-0.2, -0.15) is 0 Å². The number of carbonyl (C=O) groups is 1. The number of hydrogen-bond acceptors (Lipinski definition) is 2. The Morgan fingerprint density at radius 1 is 1.25 bits per heavy atom. The Morgan fingerprint density at radius 3 is 2.50 bits per heavy atom. The van der Waals surface area contributed by atoms with Gasteiger partial charge < -0.3 is 14.6 Å². The summed E-state index contributed by atoms with van der Waals surface area (Å²) >= 11 is 5.94. The summed E-state index contributed by atoms with van der Waals surface area (Å²) in [6.07, 6.45) is 0. The number of carbonyl (C=O) groups excluding carboxylic acids is 1. The fraction of sp³-hybridized carbons (Fsp3) is 0.267. The van der Waals surface area contributed by atoms with Gasteiger partial charge in [0.2, 0.25) is 5.91 Å². The zero-order valence-corrected chi connectivity index (χ0v) is 12.5. The van der Waals surface area contributed by atoms with Crippen LogP contribution in [0.5, 0.6) is 5.75 Å². The largest absolute Gasteiger partial charge is 0.495 e. The first kappa shape index (κ1) is 14.5. The van der Waals surface area contributed by atoms with Crippen LogP contribution in [0.4, 0.5) is 5.69 Å². The minimum Gasteiger partial charge on any atom is -0.495 e. The Kier molecular flexibility index (Phi) is 4.35. The topological polar surface area (TPSA) is 43.3 Å². The van der Waals surface area contributed by atoms with E-state index in [0.717, 1.165) is 11.4 Å². The van der Waals surface area contributed by atoms with E-state index in [-0.39, 0.29) is 12.5 Å². The van der Waals surface area contributed by atoms with Crippen LogP contribution < -0.4 is 10.1 Å². The van der Waals surface area contributed by atoms with Crippen molar-refractivity contribution in [3.05, 3.63) is 46.7 Å². The fourth-order valence-electron chi connectivity index (χ4n) is 2.06. The van der Waals surface area contributed by atoms with Gasteiger partial charge in [-0.25, -0.2) is 0 Å². The Morgan fingerprint density at radius 2 is 1.90 bits per heavy atom. The molecule has 1 amide bonds. The van der Waals surface area contributed by atoms with Crippen molar-refractivity contribution in [2.45, 2.75) is 20.4 Å². The molecule has 0 aliphatic rings. The third-order valence-electron chi connectivity index (χ3n) is 3.15. The van der Waals surface area contributed by atoms with Gasteiger partial charge in [0.25, 0.3) is 0 Å². The zero-order chi connectivity index (χ0) is 14.7. The molecule has 5 heteroatoms. The fourth-order valence-corrected chi connectivity index (χ4v) is 2.23. The molecule has 0 spiro atoms. The smallest absolute Gasteiger partial charge is 0.244 e. The van der Waals surface area contributed by atoms with Crippen molar-refractivity contribution in [1.82, 2.24) is 4.57 Å². The normalized spacial score (nSPS) is 10.4. The summed E-state index contributed by atoms with van der Waals surface area (Å²) in [5.41, 5.74) is 2.68. The first-order chi connectivity index (χ1) is 9.51. The molecule has 4 nitrogen and oxygen atoms in total. The van der Waals surface area contributed by atoms with E-state index in [1.165, 1.54) is 0 Å². The Labute approximate surface area is 123 Å². The number of hydrogen-bond donors (Lipinski definition) is 1. The number of rotatable bonds is 4. The summed E-state index contributed by atoms with van der Waals surface area (Å²) in [6, 6.07) is 9.10. The second-order valence-electron chi connectivity index (χ2n) is 4.60. The van der Waals surface area contributed by atoms with E-state index in [9.17, 15) is 4.79 Å². The van der Waals surface area contributed by atoms with Crippen LogP contribution >= 0.6 is 11.6 Å². The number of methoxy groups -OCH3 is 1. The number of aryl methyl sites for hydroxylation is 2. The average molecular weight is 293 g/mol. The molecule has 1 aromatic heterocycles. The lowest BCUT2D eigenvalue weighted by atomic mass is 10.3. The SMILES string of the molecule is COc1ccc(Cl)cc1NC(=O)Cn1c(C)ccc1C. The highest BCUT2D eigenvalue weighted by Gasteiger charge is 2.10. The highest BCUT2D eigenvalue weighted by molar-refractivity contribution is 6.31. The molecule has 0 aliphatic heterocycles. The lowest BCUT2D eigenvalue weighted by Gasteiger charge is -2.12. The summed E-state index contributed by atoms with van der Waals surface area (Å²) in [5.74, 6) is 0.469. The number of ether oxygens (including phenoxy) is 1. The van der Waals surface area contributed by atoms with E-state index in [2.05, 4.69) is 5.32 Å². The van der Waals surface area contributed by atoms with E-state index >= 15 is 0 Å². The Balaban J connectivity index is 2.14. The Hall–Kier alpha value is -1.94. The van der Waals surface area contributed by atoms with Crippen LogP contribution in [0, 0.1) is 13.8 Å². The van der Waals surface area contributed by atoms with Crippen LogP contribution in [0.15, 0.2) is 30.3 Å². The second kappa shape index (κ2) is 6.01. The first-order valence-corrected chi connectivity index (χ1v) is 6.65. The van der Waals surface area contributed by atoms with Gasteiger partial charge in [0, 0.05) is 16.4 Å². The van der Waals surface area contributed by atoms with E-state index in [1.807, 2.05) is 30.5 Å². The van der Waals surface area contributed by atoms with Crippen LogP contribution in [0.25, 0.3) is 0 Å². The van der Waals surface area contributed by atoms with E-state index < -0.39 is 0 Å². The maximum Gasteiger partial charge on any atom is 0.244 e. The predicted molar refractivity (Wildman–Crippen MR) is 80.5 cm³/mol. The number of aromatic nitrogens is 1. The highest BCUT2D eigenvalue weighted by atomic mass is 35.5. The standard InChI is InChI=1S/C15H17ClN2O2/c1-10-4-5-11(2)18(10)9-15(19)17-13-8-12(16)6-7-14(13)20-3/h4-8H,9H2,1-3H3,(H,17,19). The van der Waals surface area contributed by atoms with Crippen molar-refractivity contribution in [1.29, 1.82) is 0 Å². The van der Waals surface area contributed by atoms with Crippen molar-refractivity contribution in [3.8, 4) is 5.75 Å². The molecule has 0 unspecified atom stereocenters. The van der Waals surface area contributed by atoms with Gasteiger partial charge in [0.05, 0.1) is 12.8 Å². The lowest BCUT2D eigenvalue weighted by Crippen LogP contribution is -2.20. The molecule has 1 aromatic carbocycles. The maximum absolute atomic E-state index is 12.1. The number of amides is 1. The molecule has 2 rings (SSSR count). The molecule has 0 saturated carbocycles. The highest BCUT2D eigenvalue weighted by Crippen LogP contribution is 2.27. The zero-order valence-electron chi connectivity index (χ0n) is 11.7. The van der Waals surface area contributed by atoms with Gasteiger partial charge in [0.1, 0.15) is 12.3 Å². The summed E-state index contributed by atoms with van der Waals surface area (Å²) in [5, 5.41) is 3.38. The van der Waals surface area contributed by atoms with Crippen molar-refractivity contribution in [2.24, 2.45) is 0 Å². The summed E-state index contributed by atoms with van der Waals surface area (Å²) in [6.45, 7) is 4.21. The Bertz CT molecular complexity index is 615.